The average molecular weight is 357 g/mol. The normalized spacial score (nSPS) is 26.2. The largest absolute Gasteiger partial charge is 0.377 e. The summed E-state index contributed by atoms with van der Waals surface area (Å²) in [6, 6.07) is 3.68. The fourth-order valence-electron chi connectivity index (χ4n) is 3.64. The zero-order valence-electron chi connectivity index (χ0n) is 14.9. The highest BCUT2D eigenvalue weighted by atomic mass is 16.6. The number of nitrogens with zero attached hydrogens (tertiary/aromatic N) is 5. The lowest BCUT2D eigenvalue weighted by molar-refractivity contribution is -0.0881. The number of carbonyl (C=O) groups is 1. The van der Waals surface area contributed by atoms with Crippen LogP contribution in [0.5, 0.6) is 0 Å². The first-order chi connectivity index (χ1) is 12.6. The maximum Gasteiger partial charge on any atom is 0.255 e. The lowest BCUT2D eigenvalue weighted by Gasteiger charge is -2.32. The van der Waals surface area contributed by atoms with Crippen molar-refractivity contribution in [2.75, 3.05) is 26.3 Å². The predicted octanol–water partition coefficient (Wildman–Crippen LogP) is 1.07. The Morgan fingerprint density at radius 2 is 2.35 bits per heavy atom. The van der Waals surface area contributed by atoms with Gasteiger partial charge in [0.1, 0.15) is 18.3 Å². The molecule has 1 spiro atoms. The van der Waals surface area contributed by atoms with E-state index in [0.717, 1.165) is 18.5 Å². The molecule has 2 aliphatic heterocycles. The van der Waals surface area contributed by atoms with E-state index in [1.165, 1.54) is 6.33 Å². The van der Waals surface area contributed by atoms with E-state index in [4.69, 9.17) is 9.47 Å². The molecule has 0 bridgehead atoms. The Balaban J connectivity index is 1.45. The summed E-state index contributed by atoms with van der Waals surface area (Å²) in [5.41, 5.74) is 1.05. The van der Waals surface area contributed by atoms with Crippen LogP contribution in [-0.4, -0.2) is 68.6 Å². The van der Waals surface area contributed by atoms with Crippen LogP contribution in [0.4, 0.5) is 0 Å². The highest BCUT2D eigenvalue weighted by Crippen LogP contribution is 2.34. The van der Waals surface area contributed by atoms with E-state index < -0.39 is 5.60 Å². The quantitative estimate of drug-likeness (QED) is 0.817. The van der Waals surface area contributed by atoms with E-state index in [9.17, 15) is 4.79 Å². The fourth-order valence-corrected chi connectivity index (χ4v) is 3.64. The van der Waals surface area contributed by atoms with E-state index >= 15 is 0 Å². The second kappa shape index (κ2) is 7.13. The van der Waals surface area contributed by atoms with Crippen LogP contribution in [0.25, 0.3) is 0 Å². The summed E-state index contributed by atoms with van der Waals surface area (Å²) in [7, 11) is 0. The molecule has 4 heterocycles. The Morgan fingerprint density at radius 1 is 1.42 bits per heavy atom. The third kappa shape index (κ3) is 3.61. The van der Waals surface area contributed by atoms with Gasteiger partial charge in [0, 0.05) is 18.4 Å². The number of ether oxygens (including phenoxy) is 2. The summed E-state index contributed by atoms with van der Waals surface area (Å²) >= 11 is 0. The minimum Gasteiger partial charge on any atom is -0.377 e. The molecule has 2 aromatic heterocycles. The van der Waals surface area contributed by atoms with Crippen molar-refractivity contribution in [2.24, 2.45) is 0 Å². The van der Waals surface area contributed by atoms with Crippen LogP contribution in [0.3, 0.4) is 0 Å². The number of amides is 1. The second-order valence-electron chi connectivity index (χ2n) is 7.05. The lowest BCUT2D eigenvalue weighted by atomic mass is 9.99. The first-order valence-electron chi connectivity index (χ1n) is 8.93. The molecule has 2 saturated heterocycles. The van der Waals surface area contributed by atoms with Gasteiger partial charge < -0.3 is 14.4 Å². The van der Waals surface area contributed by atoms with Gasteiger partial charge in [0.05, 0.1) is 38.0 Å². The number of rotatable bonds is 3. The van der Waals surface area contributed by atoms with Crippen molar-refractivity contribution in [2.45, 2.75) is 38.0 Å². The molecule has 0 N–H and O–H groups in total. The molecule has 0 aliphatic carbocycles. The lowest BCUT2D eigenvalue weighted by Crippen LogP contribution is -2.46. The Labute approximate surface area is 152 Å². The van der Waals surface area contributed by atoms with Crippen molar-refractivity contribution >= 4 is 5.91 Å². The average Bonchev–Trinajstić information content (AvgIpc) is 3.23. The van der Waals surface area contributed by atoms with Crippen LogP contribution in [0.15, 0.2) is 31.0 Å². The summed E-state index contributed by atoms with van der Waals surface area (Å²) in [5.74, 6) is -0.0225. The van der Waals surface area contributed by atoms with Crippen molar-refractivity contribution in [3.63, 3.8) is 0 Å². The van der Waals surface area contributed by atoms with Crippen LogP contribution in [0.1, 0.15) is 28.9 Å². The minimum atomic E-state index is -0.449. The molecule has 0 unspecified atom stereocenters. The molecule has 26 heavy (non-hydrogen) atoms. The molecule has 2 aromatic rings. The van der Waals surface area contributed by atoms with Crippen LogP contribution in [-0.2, 0) is 16.0 Å². The maximum atomic E-state index is 12.9. The van der Waals surface area contributed by atoms with Crippen molar-refractivity contribution in [3.8, 4) is 0 Å². The van der Waals surface area contributed by atoms with E-state index in [-0.39, 0.29) is 12.0 Å². The standard InChI is InChI=1S/C18H23N5O3/c1-14-2-3-15(8-20-14)17(24)22-6-7-25-11-18(10-22)5-4-16(26-18)9-23-13-19-12-21-23/h2-3,8,12-13,16H,4-7,9-11H2,1H3/t16-,18-/m0/s1. The van der Waals surface area contributed by atoms with E-state index in [1.54, 1.807) is 17.2 Å². The van der Waals surface area contributed by atoms with Gasteiger partial charge in [-0.05, 0) is 31.9 Å². The van der Waals surface area contributed by atoms with Crippen LogP contribution < -0.4 is 0 Å². The van der Waals surface area contributed by atoms with Gasteiger partial charge in [-0.2, -0.15) is 5.10 Å². The molecular weight excluding hydrogens is 334 g/mol. The van der Waals surface area contributed by atoms with Gasteiger partial charge in [0.2, 0.25) is 0 Å². The zero-order chi connectivity index (χ0) is 18.0. The van der Waals surface area contributed by atoms with E-state index in [2.05, 4.69) is 15.1 Å². The Kier molecular flexibility index (Phi) is 4.69. The molecule has 138 valence electrons. The summed E-state index contributed by atoms with van der Waals surface area (Å²) < 4.78 is 13.9. The van der Waals surface area contributed by atoms with Gasteiger partial charge in [0.15, 0.2) is 0 Å². The molecular formula is C18H23N5O3. The number of pyridine rings is 1. The molecule has 2 fully saturated rings. The monoisotopic (exact) mass is 357 g/mol. The number of aromatic nitrogens is 4. The molecule has 2 aliphatic rings. The first-order valence-corrected chi connectivity index (χ1v) is 8.93. The van der Waals surface area contributed by atoms with Crippen LogP contribution >= 0.6 is 0 Å². The van der Waals surface area contributed by atoms with Gasteiger partial charge >= 0.3 is 0 Å². The molecule has 0 aromatic carbocycles. The maximum absolute atomic E-state index is 12.9. The fraction of sp³-hybridized carbons (Fsp3) is 0.556. The van der Waals surface area contributed by atoms with Crippen molar-refractivity contribution < 1.29 is 14.3 Å². The summed E-state index contributed by atoms with van der Waals surface area (Å²) in [4.78, 5) is 22.9. The number of aryl methyl sites for hydroxylation is 1. The SMILES string of the molecule is Cc1ccc(C(=O)N2CCOC[C@]3(CC[C@@H](Cn4cncn4)O3)C2)cn1. The van der Waals surface area contributed by atoms with Gasteiger partial charge in [-0.25, -0.2) is 4.98 Å². The highest BCUT2D eigenvalue weighted by molar-refractivity contribution is 5.94. The van der Waals surface area contributed by atoms with Crippen LogP contribution in [0.2, 0.25) is 0 Å². The Morgan fingerprint density at radius 3 is 3.12 bits per heavy atom. The summed E-state index contributed by atoms with van der Waals surface area (Å²) in [5, 5.41) is 4.14. The molecule has 1 amide bonds. The predicted molar refractivity (Wildman–Crippen MR) is 92.6 cm³/mol. The number of hydrogen-bond acceptors (Lipinski definition) is 6. The highest BCUT2D eigenvalue weighted by Gasteiger charge is 2.44. The van der Waals surface area contributed by atoms with Crippen molar-refractivity contribution in [1.82, 2.24) is 24.6 Å². The zero-order valence-corrected chi connectivity index (χ0v) is 14.9. The third-order valence-electron chi connectivity index (χ3n) is 4.99. The molecule has 4 rings (SSSR count). The summed E-state index contributed by atoms with van der Waals surface area (Å²) in [6.45, 7) is 4.70. The minimum absolute atomic E-state index is 0.0225. The van der Waals surface area contributed by atoms with Crippen molar-refractivity contribution in [1.29, 1.82) is 0 Å². The smallest absolute Gasteiger partial charge is 0.255 e. The van der Waals surface area contributed by atoms with Gasteiger partial charge in [-0.1, -0.05) is 0 Å². The Bertz CT molecular complexity index is 749. The number of hydrogen-bond donors (Lipinski definition) is 0. The topological polar surface area (TPSA) is 82.4 Å². The van der Waals surface area contributed by atoms with Gasteiger partial charge in [0.25, 0.3) is 5.91 Å². The van der Waals surface area contributed by atoms with E-state index in [1.807, 2.05) is 24.0 Å². The third-order valence-corrected chi connectivity index (χ3v) is 4.99. The van der Waals surface area contributed by atoms with Gasteiger partial charge in [-0.15, -0.1) is 0 Å². The van der Waals surface area contributed by atoms with Crippen LogP contribution in [0, 0.1) is 6.92 Å². The van der Waals surface area contributed by atoms with Gasteiger partial charge in [-0.3, -0.25) is 14.5 Å². The Hall–Kier alpha value is -2.32. The van der Waals surface area contributed by atoms with Crippen molar-refractivity contribution in [3.05, 3.63) is 42.2 Å². The summed E-state index contributed by atoms with van der Waals surface area (Å²) in [6.07, 6.45) is 6.68. The van der Waals surface area contributed by atoms with E-state index in [0.29, 0.717) is 38.4 Å². The molecule has 8 heteroatoms. The molecule has 0 radical (unpaired) electrons. The molecule has 8 nitrogen and oxygen atoms in total. The first kappa shape index (κ1) is 17.1. The number of carbonyl (C=O) groups excluding carboxylic acids is 1. The molecule has 0 saturated carbocycles. The second-order valence-corrected chi connectivity index (χ2v) is 7.05. The molecule has 2 atom stereocenters.